The number of carboxylic acid groups (broad SMARTS) is 1. The summed E-state index contributed by atoms with van der Waals surface area (Å²) in [4.78, 5) is 34.4. The van der Waals surface area contributed by atoms with Gasteiger partial charge in [0.15, 0.2) is 5.84 Å². The lowest BCUT2D eigenvalue weighted by Gasteiger charge is -2.25. The molecule has 1 N–H and O–H groups in total. The van der Waals surface area contributed by atoms with E-state index < -0.39 is 11.5 Å². The number of aliphatic imine (C=N–C) groups is 1. The van der Waals surface area contributed by atoms with E-state index >= 15 is 0 Å². The summed E-state index contributed by atoms with van der Waals surface area (Å²) in [6.07, 6.45) is 3.10. The Morgan fingerprint density at radius 1 is 1.38 bits per heavy atom. The molecule has 0 fully saturated rings. The highest BCUT2D eigenvalue weighted by atomic mass is 16.4. The fourth-order valence-corrected chi connectivity index (χ4v) is 2.63. The first-order valence-electron chi connectivity index (χ1n) is 8.38. The van der Waals surface area contributed by atoms with Gasteiger partial charge in [0.1, 0.15) is 11.2 Å². The second-order valence-corrected chi connectivity index (χ2v) is 6.60. The molecule has 24 heavy (non-hydrogen) atoms. The van der Waals surface area contributed by atoms with Gasteiger partial charge in [0, 0.05) is 19.2 Å². The summed E-state index contributed by atoms with van der Waals surface area (Å²) in [7, 11) is 0. The lowest BCUT2D eigenvalue weighted by atomic mass is 9.89. The molecule has 0 aromatic carbocycles. The number of nitrogens with zero attached hydrogens (tertiary/aromatic N) is 3. The molecule has 130 valence electrons. The highest BCUT2D eigenvalue weighted by Gasteiger charge is 2.47. The molecule has 0 aliphatic carbocycles. The molecule has 0 saturated heterocycles. The number of aliphatic carboxylic acids is 1. The summed E-state index contributed by atoms with van der Waals surface area (Å²) in [5.74, 6) is -0.361. The molecule has 1 atom stereocenters. The van der Waals surface area contributed by atoms with E-state index in [9.17, 15) is 9.59 Å². The van der Waals surface area contributed by atoms with Crippen molar-refractivity contribution in [1.82, 2.24) is 9.88 Å². The normalized spacial score (nSPS) is 20.6. The van der Waals surface area contributed by atoms with Crippen molar-refractivity contribution in [3.8, 4) is 0 Å². The minimum atomic E-state index is -0.864. The van der Waals surface area contributed by atoms with Gasteiger partial charge in [-0.25, -0.2) is 4.99 Å². The number of pyridine rings is 1. The van der Waals surface area contributed by atoms with E-state index in [1.165, 1.54) is 0 Å². The predicted octanol–water partition coefficient (Wildman–Crippen LogP) is 2.51. The van der Waals surface area contributed by atoms with Crippen molar-refractivity contribution in [2.75, 3.05) is 6.54 Å². The van der Waals surface area contributed by atoms with Crippen LogP contribution in [0.1, 0.15) is 51.8 Å². The molecule has 0 saturated carbocycles. The molecular formula is C18H25N3O3. The fourth-order valence-electron chi connectivity index (χ4n) is 2.63. The third-order valence-electron chi connectivity index (χ3n) is 4.63. The topological polar surface area (TPSA) is 82.9 Å². The van der Waals surface area contributed by atoms with Crippen LogP contribution in [0, 0.1) is 5.92 Å². The van der Waals surface area contributed by atoms with E-state index in [1.807, 2.05) is 32.9 Å². The van der Waals surface area contributed by atoms with Gasteiger partial charge in [0.2, 0.25) is 0 Å². The zero-order valence-corrected chi connectivity index (χ0v) is 14.7. The minimum absolute atomic E-state index is 0.0255. The summed E-state index contributed by atoms with van der Waals surface area (Å²) in [6, 6.07) is 3.86. The van der Waals surface area contributed by atoms with Gasteiger partial charge in [-0.05, 0) is 37.3 Å². The van der Waals surface area contributed by atoms with E-state index in [1.54, 1.807) is 11.1 Å². The molecule has 1 aliphatic rings. The zero-order valence-electron chi connectivity index (χ0n) is 14.7. The average molecular weight is 331 g/mol. The van der Waals surface area contributed by atoms with Crippen LogP contribution in [0.4, 0.5) is 0 Å². The number of amides is 1. The molecule has 6 nitrogen and oxygen atoms in total. The summed E-state index contributed by atoms with van der Waals surface area (Å²) >= 11 is 0. The number of amidine groups is 1. The molecule has 1 amide bonds. The van der Waals surface area contributed by atoms with Crippen LogP contribution < -0.4 is 0 Å². The second-order valence-electron chi connectivity index (χ2n) is 6.60. The van der Waals surface area contributed by atoms with Crippen molar-refractivity contribution in [2.45, 2.75) is 52.5 Å². The maximum Gasteiger partial charge on any atom is 0.303 e. The second kappa shape index (κ2) is 7.11. The first-order valence-corrected chi connectivity index (χ1v) is 8.38. The highest BCUT2D eigenvalue weighted by molar-refractivity contribution is 6.14. The molecule has 1 aromatic heterocycles. The van der Waals surface area contributed by atoms with E-state index in [0.29, 0.717) is 24.5 Å². The molecule has 6 heteroatoms. The SMILES string of the molecule is CCc1ccc(C2=NC(C)(C(C)C)C(=O)N2CCCC(=O)O)nc1. The number of carbonyl (C=O) groups excluding carboxylic acids is 1. The molecule has 0 spiro atoms. The lowest BCUT2D eigenvalue weighted by Crippen LogP contribution is -2.44. The van der Waals surface area contributed by atoms with Crippen LogP contribution in [-0.4, -0.2) is 44.8 Å². The van der Waals surface area contributed by atoms with Gasteiger partial charge < -0.3 is 5.11 Å². The van der Waals surface area contributed by atoms with Crippen molar-refractivity contribution >= 4 is 17.7 Å². The van der Waals surface area contributed by atoms with Gasteiger partial charge in [0.25, 0.3) is 5.91 Å². The fraction of sp³-hybridized carbons (Fsp3) is 0.556. The number of aryl methyl sites for hydroxylation is 1. The van der Waals surface area contributed by atoms with Crippen LogP contribution >= 0.6 is 0 Å². The lowest BCUT2D eigenvalue weighted by molar-refractivity contribution is -0.138. The molecule has 1 unspecified atom stereocenters. The van der Waals surface area contributed by atoms with Crippen molar-refractivity contribution < 1.29 is 14.7 Å². The van der Waals surface area contributed by atoms with Gasteiger partial charge in [-0.1, -0.05) is 26.8 Å². The van der Waals surface area contributed by atoms with E-state index in [4.69, 9.17) is 5.11 Å². The first-order chi connectivity index (χ1) is 11.3. The maximum absolute atomic E-state index is 12.9. The molecule has 0 radical (unpaired) electrons. The van der Waals surface area contributed by atoms with Gasteiger partial charge in [0.05, 0.1) is 0 Å². The molecule has 2 rings (SSSR count). The summed E-state index contributed by atoms with van der Waals surface area (Å²) < 4.78 is 0. The Kier molecular flexibility index (Phi) is 5.36. The standard InChI is InChI=1S/C18H25N3O3/c1-5-13-8-9-14(19-11-13)16-20-18(4,12(2)3)17(24)21(16)10-6-7-15(22)23/h8-9,11-12H,5-7,10H2,1-4H3,(H,22,23). The monoisotopic (exact) mass is 331 g/mol. The summed E-state index contributed by atoms with van der Waals surface area (Å²) in [5, 5.41) is 8.84. The van der Waals surface area contributed by atoms with Crippen LogP contribution in [0.2, 0.25) is 0 Å². The quantitative estimate of drug-likeness (QED) is 0.832. The first kappa shape index (κ1) is 18.1. The Morgan fingerprint density at radius 2 is 2.08 bits per heavy atom. The van der Waals surface area contributed by atoms with Crippen LogP contribution in [0.15, 0.2) is 23.3 Å². The maximum atomic E-state index is 12.9. The number of rotatable bonds is 7. The molecule has 0 bridgehead atoms. The Hall–Kier alpha value is -2.24. The van der Waals surface area contributed by atoms with E-state index in [2.05, 4.69) is 16.9 Å². The van der Waals surface area contributed by atoms with Crippen LogP contribution in [0.5, 0.6) is 0 Å². The van der Waals surface area contributed by atoms with E-state index in [0.717, 1.165) is 12.0 Å². The summed E-state index contributed by atoms with van der Waals surface area (Å²) in [6.45, 7) is 8.16. The number of aromatic nitrogens is 1. The van der Waals surface area contributed by atoms with Crippen molar-refractivity contribution in [3.05, 3.63) is 29.6 Å². The van der Waals surface area contributed by atoms with Gasteiger partial charge in [-0.3, -0.25) is 19.5 Å². The highest BCUT2D eigenvalue weighted by Crippen LogP contribution is 2.32. The Labute approximate surface area is 142 Å². The molecule has 1 aromatic rings. The van der Waals surface area contributed by atoms with Crippen LogP contribution in [0.3, 0.4) is 0 Å². The molecule has 2 heterocycles. The number of carboxylic acids is 1. The number of hydrogen-bond acceptors (Lipinski definition) is 4. The van der Waals surface area contributed by atoms with Crippen LogP contribution in [0.25, 0.3) is 0 Å². The zero-order chi connectivity index (χ0) is 17.9. The van der Waals surface area contributed by atoms with E-state index in [-0.39, 0.29) is 18.2 Å². The van der Waals surface area contributed by atoms with Gasteiger partial charge >= 0.3 is 5.97 Å². The smallest absolute Gasteiger partial charge is 0.303 e. The van der Waals surface area contributed by atoms with Gasteiger partial charge in [-0.2, -0.15) is 0 Å². The predicted molar refractivity (Wildman–Crippen MR) is 92.0 cm³/mol. The molecule has 1 aliphatic heterocycles. The Bertz CT molecular complexity index is 652. The summed E-state index contributed by atoms with van der Waals surface area (Å²) in [5.41, 5.74) is 0.942. The third kappa shape index (κ3) is 3.47. The Balaban J connectivity index is 2.33. The van der Waals surface area contributed by atoms with Gasteiger partial charge in [-0.15, -0.1) is 0 Å². The van der Waals surface area contributed by atoms with Crippen molar-refractivity contribution in [3.63, 3.8) is 0 Å². The van der Waals surface area contributed by atoms with Crippen LogP contribution in [-0.2, 0) is 16.0 Å². The number of carbonyl (C=O) groups is 2. The van der Waals surface area contributed by atoms with Crippen molar-refractivity contribution in [1.29, 1.82) is 0 Å². The number of hydrogen-bond donors (Lipinski definition) is 1. The molecular weight excluding hydrogens is 306 g/mol. The Morgan fingerprint density at radius 3 is 2.58 bits per heavy atom. The average Bonchev–Trinajstić information content (AvgIpc) is 2.81. The largest absolute Gasteiger partial charge is 0.481 e. The minimum Gasteiger partial charge on any atom is -0.481 e. The third-order valence-corrected chi connectivity index (χ3v) is 4.63. The van der Waals surface area contributed by atoms with Crippen molar-refractivity contribution in [2.24, 2.45) is 10.9 Å².